The predicted octanol–water partition coefficient (Wildman–Crippen LogP) is 23.6. The highest BCUT2D eigenvalue weighted by molar-refractivity contribution is 6.11. The van der Waals surface area contributed by atoms with Crippen LogP contribution >= 0.6 is 0 Å². The number of nitrogens with zero attached hydrogens (tertiary/aromatic N) is 4. The van der Waals surface area contributed by atoms with Crippen LogP contribution in [0.3, 0.4) is 0 Å². The largest absolute Gasteiger partial charge is 0.309 e. The van der Waals surface area contributed by atoms with Crippen molar-refractivity contribution in [3.8, 4) is 67.5 Å². The first-order chi connectivity index (χ1) is 43.2. The van der Waals surface area contributed by atoms with Crippen molar-refractivity contribution in [2.75, 3.05) is 0 Å². The minimum atomic E-state index is 0.00458. The second-order valence-electron chi connectivity index (χ2n) is 29.2. The van der Waals surface area contributed by atoms with Crippen LogP contribution in [-0.2, 0) is 21.7 Å². The quantitative estimate of drug-likeness (QED) is 0.144. The zero-order valence-corrected chi connectivity index (χ0v) is 54.0. The topological polar surface area (TPSA) is 19.7 Å². The Morgan fingerprint density at radius 1 is 0.211 bits per heavy atom. The van der Waals surface area contributed by atoms with Crippen LogP contribution in [0.4, 0.5) is 0 Å². The number of hydrogen-bond donors (Lipinski definition) is 0. The number of hydrogen-bond acceptors (Lipinski definition) is 0. The van der Waals surface area contributed by atoms with Crippen molar-refractivity contribution in [1.29, 1.82) is 0 Å². The molecule has 15 rings (SSSR count). The summed E-state index contributed by atoms with van der Waals surface area (Å²) >= 11 is 0. The fourth-order valence-corrected chi connectivity index (χ4v) is 14.0. The van der Waals surface area contributed by atoms with E-state index < -0.39 is 0 Å². The molecular weight excluding hydrogens is 1090 g/mol. The van der Waals surface area contributed by atoms with E-state index >= 15 is 0 Å². The molecule has 4 heteroatoms. The SMILES string of the molecule is CC(C)(C)c1ccc2c(c1)c1cc(C(C)(C)C)ccc1n2-c1ccc(-c2cc(-c3cc4ccccc4n3-c3ccccc3)c(-c3ccc(-n4c5ccc(C(C)(C)C)cc5c5cc(C(C)(C)C)ccc54)cc3)cc2-c2cc3ccccc3n2-c2ccccc2)cc1. The Bertz CT molecular complexity index is 4810. The normalized spacial score (nSPS) is 12.7. The summed E-state index contributed by atoms with van der Waals surface area (Å²) in [5.74, 6) is 0. The molecule has 0 radical (unpaired) electrons. The van der Waals surface area contributed by atoms with Gasteiger partial charge in [0.2, 0.25) is 0 Å². The summed E-state index contributed by atoms with van der Waals surface area (Å²) in [7, 11) is 0. The van der Waals surface area contributed by atoms with Gasteiger partial charge in [-0.05, 0) is 200 Å². The molecule has 0 amide bonds. The number of benzene rings is 11. The lowest BCUT2D eigenvalue weighted by atomic mass is 9.85. The third-order valence-electron chi connectivity index (χ3n) is 19.0. The fourth-order valence-electron chi connectivity index (χ4n) is 14.0. The van der Waals surface area contributed by atoms with Crippen molar-refractivity contribution in [1.82, 2.24) is 18.3 Å². The van der Waals surface area contributed by atoms with Gasteiger partial charge in [-0.25, -0.2) is 0 Å². The molecule has 0 aliphatic carbocycles. The molecule has 0 aliphatic rings. The molecule has 0 atom stereocenters. The Morgan fingerprint density at radius 2 is 0.489 bits per heavy atom. The highest BCUT2D eigenvalue weighted by atomic mass is 15.0. The summed E-state index contributed by atoms with van der Waals surface area (Å²) in [6.07, 6.45) is 0. The second-order valence-corrected chi connectivity index (χ2v) is 29.2. The van der Waals surface area contributed by atoms with Crippen LogP contribution in [0.2, 0.25) is 0 Å². The lowest BCUT2D eigenvalue weighted by Gasteiger charge is -2.21. The fraction of sp³-hybridized carbons (Fsp3) is 0.186. The summed E-state index contributed by atoms with van der Waals surface area (Å²) in [6.45, 7) is 27.7. The molecule has 4 aromatic heterocycles. The molecule has 0 saturated carbocycles. The van der Waals surface area contributed by atoms with E-state index in [0.29, 0.717) is 0 Å². The van der Waals surface area contributed by atoms with Gasteiger partial charge in [0, 0.05) is 66.2 Å². The Kier molecular flexibility index (Phi) is 13.1. The molecule has 15 aromatic rings. The van der Waals surface area contributed by atoms with Crippen LogP contribution in [0.5, 0.6) is 0 Å². The maximum absolute atomic E-state index is 2.50. The molecule has 0 saturated heterocycles. The first-order valence-electron chi connectivity index (χ1n) is 32.1. The highest BCUT2D eigenvalue weighted by Crippen LogP contribution is 2.48. The van der Waals surface area contributed by atoms with Crippen LogP contribution in [0, 0.1) is 0 Å². The summed E-state index contributed by atoms with van der Waals surface area (Å²) < 4.78 is 9.88. The molecule has 442 valence electrons. The first kappa shape index (κ1) is 56.6. The Balaban J connectivity index is 0.993. The van der Waals surface area contributed by atoms with E-state index in [1.807, 2.05) is 0 Å². The van der Waals surface area contributed by atoms with Crippen molar-refractivity contribution < 1.29 is 0 Å². The van der Waals surface area contributed by atoms with E-state index in [-0.39, 0.29) is 21.7 Å². The van der Waals surface area contributed by atoms with Gasteiger partial charge in [0.05, 0.1) is 44.5 Å². The molecular formula is C86H78N4. The standard InChI is InChI=1S/C86H78N4/c1-83(2,3)59-35-43-77-69(49-59)70-50-60(84(4,5)6)36-44-78(70)89(77)65-39-31-55(32-40-65)67-53-74(82-48-58-24-20-22-30-76(58)88(82)64-27-17-14-18-28-64)68(54-73(67)81-47-57-23-19-21-29-75(57)87(81)63-25-15-13-16-26-63)56-33-41-66(42-34-56)90-79-45-37-61(85(7,8)9)51-71(79)72-52-62(86(10,11)12)38-46-80(72)90/h13-54H,1-12H3. The molecule has 0 unspecified atom stereocenters. The van der Waals surface area contributed by atoms with Crippen molar-refractivity contribution >= 4 is 65.4 Å². The maximum atomic E-state index is 2.50. The average molecular weight is 1170 g/mol. The molecule has 0 bridgehead atoms. The summed E-state index contributed by atoms with van der Waals surface area (Å²) in [6, 6.07) is 96.5. The van der Waals surface area contributed by atoms with E-state index in [1.54, 1.807) is 0 Å². The number of aromatic nitrogens is 4. The Hall–Kier alpha value is -9.90. The van der Waals surface area contributed by atoms with Gasteiger partial charge in [-0.2, -0.15) is 0 Å². The molecule has 11 aromatic carbocycles. The van der Waals surface area contributed by atoms with Crippen molar-refractivity contribution in [2.24, 2.45) is 0 Å². The van der Waals surface area contributed by atoms with E-state index in [4.69, 9.17) is 0 Å². The van der Waals surface area contributed by atoms with Gasteiger partial charge >= 0.3 is 0 Å². The molecule has 0 spiro atoms. The molecule has 4 nitrogen and oxygen atoms in total. The lowest BCUT2D eigenvalue weighted by Crippen LogP contribution is -2.10. The number of para-hydroxylation sites is 4. The average Bonchev–Trinajstić information content (AvgIpc) is 1.61. The highest BCUT2D eigenvalue weighted by Gasteiger charge is 2.27. The van der Waals surface area contributed by atoms with Crippen molar-refractivity contribution in [3.63, 3.8) is 0 Å². The summed E-state index contributed by atoms with van der Waals surface area (Å²) in [5, 5.41) is 7.50. The zero-order chi connectivity index (χ0) is 62.2. The summed E-state index contributed by atoms with van der Waals surface area (Å²) in [4.78, 5) is 0. The maximum Gasteiger partial charge on any atom is 0.0547 e. The van der Waals surface area contributed by atoms with Crippen LogP contribution in [0.25, 0.3) is 133 Å². The van der Waals surface area contributed by atoms with Crippen LogP contribution < -0.4 is 0 Å². The minimum Gasteiger partial charge on any atom is -0.309 e. The van der Waals surface area contributed by atoms with Gasteiger partial charge in [0.15, 0.2) is 0 Å². The monoisotopic (exact) mass is 1170 g/mol. The molecule has 4 heterocycles. The summed E-state index contributed by atoms with van der Waals surface area (Å²) in [5.41, 5.74) is 26.0. The van der Waals surface area contributed by atoms with Crippen molar-refractivity contribution in [3.05, 3.63) is 277 Å². The van der Waals surface area contributed by atoms with Gasteiger partial charge in [-0.1, -0.05) is 204 Å². The third-order valence-corrected chi connectivity index (χ3v) is 19.0. The number of fused-ring (bicyclic) bond motifs is 8. The van der Waals surface area contributed by atoms with Crippen LogP contribution in [-0.4, -0.2) is 18.3 Å². The van der Waals surface area contributed by atoms with Gasteiger partial charge in [-0.3, -0.25) is 0 Å². The van der Waals surface area contributed by atoms with E-state index in [1.165, 1.54) is 76.6 Å². The van der Waals surface area contributed by atoms with E-state index in [0.717, 1.165) is 78.6 Å². The van der Waals surface area contributed by atoms with E-state index in [9.17, 15) is 0 Å². The van der Waals surface area contributed by atoms with Crippen LogP contribution in [0.1, 0.15) is 105 Å². The van der Waals surface area contributed by atoms with Crippen molar-refractivity contribution in [2.45, 2.75) is 105 Å². The van der Waals surface area contributed by atoms with Crippen LogP contribution in [0.15, 0.2) is 255 Å². The molecule has 90 heavy (non-hydrogen) atoms. The molecule has 0 fully saturated rings. The van der Waals surface area contributed by atoms with Gasteiger partial charge < -0.3 is 18.3 Å². The smallest absolute Gasteiger partial charge is 0.0547 e. The molecule has 0 N–H and O–H groups in total. The number of rotatable bonds is 8. The Morgan fingerprint density at radius 3 is 0.789 bits per heavy atom. The zero-order valence-electron chi connectivity index (χ0n) is 54.0. The third kappa shape index (κ3) is 9.58. The lowest BCUT2D eigenvalue weighted by molar-refractivity contribution is 0.590. The van der Waals surface area contributed by atoms with Gasteiger partial charge in [0.25, 0.3) is 0 Å². The first-order valence-corrected chi connectivity index (χ1v) is 32.1. The van der Waals surface area contributed by atoms with E-state index in [2.05, 4.69) is 356 Å². The van der Waals surface area contributed by atoms with Gasteiger partial charge in [0.1, 0.15) is 0 Å². The predicted molar refractivity (Wildman–Crippen MR) is 385 cm³/mol. The second kappa shape index (κ2) is 20.9. The Labute approximate surface area is 529 Å². The molecule has 0 aliphatic heterocycles. The minimum absolute atomic E-state index is 0.00458. The van der Waals surface area contributed by atoms with Gasteiger partial charge in [-0.15, -0.1) is 0 Å².